The Kier molecular flexibility index (Phi) is 25.7. The molecule has 2 rings (SSSR count). The van der Waals surface area contributed by atoms with Crippen LogP contribution in [-0.2, 0) is 32.6 Å². The van der Waals surface area contributed by atoms with Crippen molar-refractivity contribution in [3.05, 3.63) is 0 Å². The molecule has 0 aromatic rings. The molecule has 0 radical (unpaired) electrons. The molecule has 1 aliphatic carbocycles. The molecule has 2 aliphatic rings. The minimum Gasteiger partial charge on any atom is -0.756 e. The van der Waals surface area contributed by atoms with E-state index in [4.69, 9.17) is 33.7 Å². The SMILES string of the molecule is CCCCCCCCCCCCCCCCOC[C@H](COP(=O)([O-])O[C@@H]1[C@H](O)[C@H](O)[C@@H](O)[C@H](O)[C@H]1O[C@H]1O[C@H](CO)[C@@H](O)[C@H](O)[C@H]1N)OC.[Na+]. The Morgan fingerprint density at radius 1 is 0.740 bits per heavy atom. The topological polar surface area (TPSA) is 263 Å². The van der Waals surface area contributed by atoms with E-state index < -0.39 is 94.4 Å². The standard InChI is InChI=1S/C32H64NO15P.Na/c1-3-4-5-6-7-8-9-10-11-12-13-14-15-16-17-44-19-21(43-2)20-45-49(41,42)48-31-29(40)27(38)26(37)28(39)30(31)47-32-23(33)25(36)24(35)22(18-34)46-32;/h21-32,34-40H,3-20,33H2,1-2H3,(H,41,42);/q;+1/p-1/t21-,22-,23-,24-,25-,26-,27-,28+,29-,30-,31-,32-;/m1./s1. The number of rotatable bonds is 26. The van der Waals surface area contributed by atoms with Crippen LogP contribution in [0.5, 0.6) is 0 Å². The van der Waals surface area contributed by atoms with Gasteiger partial charge in [-0.2, -0.15) is 0 Å². The van der Waals surface area contributed by atoms with Crippen LogP contribution in [-0.4, -0.2) is 143 Å². The molecule has 1 saturated carbocycles. The number of aliphatic hydroxyl groups is 7. The molecule has 0 amide bonds. The Balaban J connectivity index is 0.0000125. The smallest absolute Gasteiger partial charge is 0.756 e. The van der Waals surface area contributed by atoms with Gasteiger partial charge in [0.05, 0.1) is 25.9 Å². The predicted octanol–water partition coefficient (Wildman–Crippen LogP) is -3.02. The number of unbranched alkanes of at least 4 members (excludes halogenated alkanes) is 13. The molecule has 1 saturated heterocycles. The Labute approximate surface area is 318 Å². The first-order valence-electron chi connectivity index (χ1n) is 17.9. The molecular weight excluding hydrogens is 692 g/mol. The second-order valence-corrected chi connectivity index (χ2v) is 14.6. The van der Waals surface area contributed by atoms with Crippen molar-refractivity contribution in [2.75, 3.05) is 33.5 Å². The largest absolute Gasteiger partial charge is 1.00 e. The van der Waals surface area contributed by atoms with E-state index in [0.717, 1.165) is 19.3 Å². The van der Waals surface area contributed by atoms with Gasteiger partial charge in [-0.25, -0.2) is 0 Å². The maximum atomic E-state index is 12.8. The number of methoxy groups -OCH3 is 1. The Morgan fingerprint density at radius 2 is 1.24 bits per heavy atom. The molecule has 0 aromatic carbocycles. The van der Waals surface area contributed by atoms with Crippen LogP contribution in [0.3, 0.4) is 0 Å². The zero-order valence-corrected chi connectivity index (χ0v) is 33.0. The van der Waals surface area contributed by atoms with Crippen molar-refractivity contribution in [1.29, 1.82) is 0 Å². The number of phosphoric ester groups is 1. The van der Waals surface area contributed by atoms with Crippen molar-refractivity contribution in [2.24, 2.45) is 5.73 Å². The number of aliphatic hydroxyl groups excluding tert-OH is 7. The average Bonchev–Trinajstić information content (AvgIpc) is 3.08. The van der Waals surface area contributed by atoms with Crippen LogP contribution >= 0.6 is 7.82 Å². The second kappa shape index (κ2) is 26.4. The van der Waals surface area contributed by atoms with Crippen LogP contribution < -0.4 is 40.2 Å². The molecule has 292 valence electrons. The molecule has 16 nitrogen and oxygen atoms in total. The molecule has 2 fully saturated rings. The van der Waals surface area contributed by atoms with Gasteiger partial charge in [-0.15, -0.1) is 0 Å². The van der Waals surface area contributed by atoms with E-state index in [2.05, 4.69) is 6.92 Å². The zero-order valence-electron chi connectivity index (χ0n) is 30.1. The molecule has 18 heteroatoms. The average molecular weight is 756 g/mol. The minimum absolute atomic E-state index is 0. The van der Waals surface area contributed by atoms with E-state index in [1.54, 1.807) is 0 Å². The summed E-state index contributed by atoms with van der Waals surface area (Å²) in [6, 6.07) is -1.46. The van der Waals surface area contributed by atoms with Crippen LogP contribution in [0.1, 0.15) is 96.8 Å². The molecule has 1 heterocycles. The maximum absolute atomic E-state index is 12.8. The second-order valence-electron chi connectivity index (χ2n) is 13.2. The van der Waals surface area contributed by atoms with E-state index in [9.17, 15) is 45.2 Å². The summed E-state index contributed by atoms with van der Waals surface area (Å²) in [5.74, 6) is 0. The monoisotopic (exact) mass is 755 g/mol. The summed E-state index contributed by atoms with van der Waals surface area (Å²) in [5.41, 5.74) is 5.87. The van der Waals surface area contributed by atoms with Crippen molar-refractivity contribution in [2.45, 2.75) is 170 Å². The van der Waals surface area contributed by atoms with Crippen molar-refractivity contribution in [3.8, 4) is 0 Å². The van der Waals surface area contributed by atoms with Gasteiger partial charge in [-0.05, 0) is 6.42 Å². The maximum Gasteiger partial charge on any atom is 1.00 e. The van der Waals surface area contributed by atoms with E-state index in [0.29, 0.717) is 6.61 Å². The number of hydrogen-bond donors (Lipinski definition) is 8. The van der Waals surface area contributed by atoms with Gasteiger partial charge in [0.2, 0.25) is 0 Å². The summed E-state index contributed by atoms with van der Waals surface area (Å²) >= 11 is 0. The third-order valence-electron chi connectivity index (χ3n) is 9.21. The zero-order chi connectivity index (χ0) is 36.4. The normalized spacial score (nSPS) is 33.5. The third kappa shape index (κ3) is 16.6. The number of hydrogen-bond acceptors (Lipinski definition) is 16. The van der Waals surface area contributed by atoms with Crippen molar-refractivity contribution in [3.63, 3.8) is 0 Å². The van der Waals surface area contributed by atoms with Crippen LogP contribution in [0.4, 0.5) is 0 Å². The van der Waals surface area contributed by atoms with Gasteiger partial charge < -0.3 is 74.4 Å². The van der Waals surface area contributed by atoms with Gasteiger partial charge in [0, 0.05) is 13.7 Å². The van der Waals surface area contributed by atoms with Crippen molar-refractivity contribution in [1.82, 2.24) is 0 Å². The van der Waals surface area contributed by atoms with Gasteiger partial charge in [-0.1, -0.05) is 90.4 Å². The number of ether oxygens (including phenoxy) is 4. The Morgan fingerprint density at radius 3 is 1.74 bits per heavy atom. The van der Waals surface area contributed by atoms with E-state index in [1.807, 2.05) is 0 Å². The predicted molar refractivity (Wildman–Crippen MR) is 175 cm³/mol. The summed E-state index contributed by atoms with van der Waals surface area (Å²) in [6.45, 7) is 1.46. The van der Waals surface area contributed by atoms with Gasteiger partial charge in [0.25, 0.3) is 7.82 Å². The third-order valence-corrected chi connectivity index (χ3v) is 10.2. The Hall–Kier alpha value is 0.630. The van der Waals surface area contributed by atoms with E-state index in [1.165, 1.54) is 77.7 Å². The van der Waals surface area contributed by atoms with E-state index >= 15 is 0 Å². The molecule has 13 atom stereocenters. The summed E-state index contributed by atoms with van der Waals surface area (Å²) < 4.78 is 44.6. The van der Waals surface area contributed by atoms with Crippen LogP contribution in [0, 0.1) is 0 Å². The first-order valence-corrected chi connectivity index (χ1v) is 19.3. The molecular formula is C32H63NNaO15P. The fourth-order valence-electron chi connectivity index (χ4n) is 5.99. The van der Waals surface area contributed by atoms with Crippen molar-refractivity contribution < 1.29 is 103 Å². The molecule has 1 aliphatic heterocycles. The molecule has 0 spiro atoms. The van der Waals surface area contributed by atoms with Gasteiger partial charge >= 0.3 is 29.6 Å². The Bertz CT molecular complexity index is 914. The molecule has 0 aromatic heterocycles. The summed E-state index contributed by atoms with van der Waals surface area (Å²) in [7, 11) is -3.94. The fraction of sp³-hybridized carbons (Fsp3) is 1.00. The minimum atomic E-state index is -5.29. The van der Waals surface area contributed by atoms with Crippen LogP contribution in [0.25, 0.3) is 0 Å². The van der Waals surface area contributed by atoms with Crippen molar-refractivity contribution >= 4 is 7.82 Å². The quantitative estimate of drug-likeness (QED) is 0.0248. The first kappa shape index (κ1) is 48.6. The molecule has 50 heavy (non-hydrogen) atoms. The summed E-state index contributed by atoms with van der Waals surface area (Å²) in [5, 5.41) is 71.4. The van der Waals surface area contributed by atoms with Gasteiger partial charge in [0.1, 0.15) is 61.0 Å². The number of phosphoric acid groups is 1. The summed E-state index contributed by atoms with van der Waals surface area (Å²) in [4.78, 5) is 12.8. The fourth-order valence-corrected chi connectivity index (χ4v) is 6.95. The number of nitrogens with two attached hydrogens (primary N) is 1. The molecule has 9 N–H and O–H groups in total. The van der Waals surface area contributed by atoms with Crippen LogP contribution in [0.2, 0.25) is 0 Å². The molecule has 0 bridgehead atoms. The molecule has 1 unspecified atom stereocenters. The van der Waals surface area contributed by atoms with Gasteiger partial charge in [-0.3, -0.25) is 4.57 Å². The summed E-state index contributed by atoms with van der Waals surface area (Å²) in [6.07, 6.45) is -1.89. The van der Waals surface area contributed by atoms with Crippen LogP contribution in [0.15, 0.2) is 0 Å². The van der Waals surface area contributed by atoms with E-state index in [-0.39, 0.29) is 36.2 Å². The van der Waals surface area contributed by atoms with Gasteiger partial charge in [0.15, 0.2) is 6.29 Å². The first-order chi connectivity index (χ1) is 23.4.